The van der Waals surface area contributed by atoms with Gasteiger partial charge in [0.25, 0.3) is 0 Å². The molecular formula is C9H17NO. The van der Waals surface area contributed by atoms with Crippen molar-refractivity contribution in [2.45, 2.75) is 31.7 Å². The number of rotatable bonds is 1. The summed E-state index contributed by atoms with van der Waals surface area (Å²) in [6, 6.07) is 0.310. The van der Waals surface area contributed by atoms with E-state index in [-0.39, 0.29) is 0 Å². The van der Waals surface area contributed by atoms with Gasteiger partial charge in [0.2, 0.25) is 0 Å². The lowest BCUT2D eigenvalue weighted by molar-refractivity contribution is -0.0320. The minimum absolute atomic E-state index is 0.308. The van der Waals surface area contributed by atoms with Gasteiger partial charge in [-0.3, -0.25) is 0 Å². The second-order valence-electron chi connectivity index (χ2n) is 4.04. The molecule has 2 rings (SSSR count). The van der Waals surface area contributed by atoms with E-state index in [0.29, 0.717) is 18.6 Å². The van der Waals surface area contributed by atoms with Crippen molar-refractivity contribution in [3.8, 4) is 0 Å². The van der Waals surface area contributed by atoms with Crippen molar-refractivity contribution < 1.29 is 5.11 Å². The van der Waals surface area contributed by atoms with Gasteiger partial charge in [-0.2, -0.15) is 0 Å². The fourth-order valence-corrected chi connectivity index (χ4v) is 2.91. The number of aliphatic hydroxyl groups is 1. The van der Waals surface area contributed by atoms with Crippen molar-refractivity contribution in [1.82, 2.24) is 0 Å². The van der Waals surface area contributed by atoms with Crippen LogP contribution in [0, 0.1) is 17.8 Å². The minimum atomic E-state index is 0.308. The van der Waals surface area contributed by atoms with E-state index in [9.17, 15) is 0 Å². The maximum absolute atomic E-state index is 9.02. The molecule has 0 spiro atoms. The average molecular weight is 155 g/mol. The van der Waals surface area contributed by atoms with Gasteiger partial charge in [-0.25, -0.2) is 0 Å². The number of aliphatic hydroxyl groups excluding tert-OH is 1. The highest BCUT2D eigenvalue weighted by Gasteiger charge is 2.48. The molecule has 4 unspecified atom stereocenters. The second-order valence-corrected chi connectivity index (χ2v) is 4.04. The second kappa shape index (κ2) is 2.76. The Labute approximate surface area is 67.8 Å². The lowest BCUT2D eigenvalue weighted by Gasteiger charge is -2.52. The maximum Gasteiger partial charge on any atom is 0.0476 e. The molecule has 0 heterocycles. The van der Waals surface area contributed by atoms with E-state index in [1.165, 1.54) is 25.7 Å². The molecule has 0 amide bonds. The zero-order chi connectivity index (χ0) is 7.84. The van der Waals surface area contributed by atoms with Crippen molar-refractivity contribution in [2.24, 2.45) is 23.5 Å². The first-order valence-electron chi connectivity index (χ1n) is 4.71. The lowest BCUT2D eigenvalue weighted by atomic mass is 9.56. The Bertz CT molecular complexity index is 142. The smallest absolute Gasteiger partial charge is 0.0476 e. The Morgan fingerprint density at radius 3 is 2.45 bits per heavy atom. The van der Waals surface area contributed by atoms with Crippen LogP contribution in [0.3, 0.4) is 0 Å². The van der Waals surface area contributed by atoms with Crippen LogP contribution in [0.15, 0.2) is 0 Å². The Morgan fingerprint density at radius 1 is 1.18 bits per heavy atom. The summed E-state index contributed by atoms with van der Waals surface area (Å²) in [5.41, 5.74) is 5.93. The van der Waals surface area contributed by atoms with Crippen molar-refractivity contribution >= 4 is 0 Å². The molecule has 0 aromatic carbocycles. The molecule has 0 aromatic rings. The molecule has 0 saturated heterocycles. The van der Waals surface area contributed by atoms with Crippen LogP contribution in [0.1, 0.15) is 25.7 Å². The molecule has 0 radical (unpaired) electrons. The van der Waals surface area contributed by atoms with Crippen molar-refractivity contribution in [2.75, 3.05) is 6.61 Å². The molecule has 4 atom stereocenters. The standard InChI is InChI=1S/C9H17NO/c10-9-7-4-2-1-3-6(7)8(9)5-11/h6-9,11H,1-5,10H2. The van der Waals surface area contributed by atoms with Crippen LogP contribution in [0.2, 0.25) is 0 Å². The molecule has 11 heavy (non-hydrogen) atoms. The summed E-state index contributed by atoms with van der Waals surface area (Å²) in [6.45, 7) is 0.308. The van der Waals surface area contributed by atoms with Gasteiger partial charge in [-0.15, -0.1) is 0 Å². The zero-order valence-corrected chi connectivity index (χ0v) is 6.87. The Morgan fingerprint density at radius 2 is 1.82 bits per heavy atom. The number of nitrogens with two attached hydrogens (primary N) is 1. The van der Waals surface area contributed by atoms with Gasteiger partial charge >= 0.3 is 0 Å². The summed E-state index contributed by atoms with van der Waals surface area (Å²) in [5.74, 6) is 1.95. The van der Waals surface area contributed by atoms with Crippen molar-refractivity contribution in [1.29, 1.82) is 0 Å². The molecule has 2 aliphatic rings. The van der Waals surface area contributed by atoms with Crippen LogP contribution in [0.25, 0.3) is 0 Å². The van der Waals surface area contributed by atoms with Gasteiger partial charge in [-0.1, -0.05) is 12.8 Å². The molecule has 2 heteroatoms. The van der Waals surface area contributed by atoms with E-state index < -0.39 is 0 Å². The largest absolute Gasteiger partial charge is 0.396 e. The van der Waals surface area contributed by atoms with Gasteiger partial charge in [0.15, 0.2) is 0 Å². The van der Waals surface area contributed by atoms with Gasteiger partial charge < -0.3 is 10.8 Å². The summed E-state index contributed by atoms with van der Waals surface area (Å²) >= 11 is 0. The summed E-state index contributed by atoms with van der Waals surface area (Å²) in [5, 5.41) is 9.02. The van der Waals surface area contributed by atoms with Gasteiger partial charge in [0, 0.05) is 18.6 Å². The molecular weight excluding hydrogens is 138 g/mol. The summed E-state index contributed by atoms with van der Waals surface area (Å²) in [4.78, 5) is 0. The summed E-state index contributed by atoms with van der Waals surface area (Å²) < 4.78 is 0. The highest BCUT2D eigenvalue weighted by Crippen LogP contribution is 2.47. The Balaban J connectivity index is 1.97. The van der Waals surface area contributed by atoms with E-state index >= 15 is 0 Å². The fraction of sp³-hybridized carbons (Fsp3) is 1.00. The van der Waals surface area contributed by atoms with Crippen LogP contribution in [-0.4, -0.2) is 17.8 Å². The molecule has 64 valence electrons. The molecule has 2 aliphatic carbocycles. The first kappa shape index (κ1) is 7.56. The predicted octanol–water partition coefficient (Wildman–Crippen LogP) is 0.742. The first-order chi connectivity index (χ1) is 5.34. The molecule has 3 N–H and O–H groups in total. The first-order valence-corrected chi connectivity index (χ1v) is 4.71. The third-order valence-electron chi connectivity index (χ3n) is 3.62. The van der Waals surface area contributed by atoms with Crippen LogP contribution >= 0.6 is 0 Å². The molecule has 0 aromatic heterocycles. The number of hydrogen-bond donors (Lipinski definition) is 2. The lowest BCUT2D eigenvalue weighted by Crippen LogP contribution is -2.58. The Hall–Kier alpha value is -0.0800. The maximum atomic E-state index is 9.02. The summed E-state index contributed by atoms with van der Waals surface area (Å²) in [7, 11) is 0. The third-order valence-corrected chi connectivity index (χ3v) is 3.62. The van der Waals surface area contributed by atoms with E-state index in [4.69, 9.17) is 10.8 Å². The summed E-state index contributed by atoms with van der Waals surface area (Å²) in [6.07, 6.45) is 5.32. The van der Waals surface area contributed by atoms with E-state index in [1.54, 1.807) is 0 Å². The third kappa shape index (κ3) is 1.00. The topological polar surface area (TPSA) is 46.2 Å². The van der Waals surface area contributed by atoms with Gasteiger partial charge in [0.05, 0.1) is 0 Å². The highest BCUT2D eigenvalue weighted by atomic mass is 16.3. The predicted molar refractivity (Wildman–Crippen MR) is 44.0 cm³/mol. The highest BCUT2D eigenvalue weighted by molar-refractivity contribution is 5.00. The van der Waals surface area contributed by atoms with Crippen molar-refractivity contribution in [3.63, 3.8) is 0 Å². The Kier molecular flexibility index (Phi) is 1.90. The molecule has 0 aliphatic heterocycles. The normalized spacial score (nSPS) is 49.6. The van der Waals surface area contributed by atoms with Crippen LogP contribution < -0.4 is 5.73 Å². The monoisotopic (exact) mass is 155 g/mol. The van der Waals surface area contributed by atoms with Crippen LogP contribution in [-0.2, 0) is 0 Å². The van der Waals surface area contributed by atoms with Crippen molar-refractivity contribution in [3.05, 3.63) is 0 Å². The zero-order valence-electron chi connectivity index (χ0n) is 6.87. The quantitative estimate of drug-likeness (QED) is 0.586. The number of fused-ring (bicyclic) bond motifs is 1. The van der Waals surface area contributed by atoms with Gasteiger partial charge in [-0.05, 0) is 24.7 Å². The molecule has 0 bridgehead atoms. The van der Waals surface area contributed by atoms with Crippen LogP contribution in [0.4, 0.5) is 0 Å². The molecule has 2 fully saturated rings. The van der Waals surface area contributed by atoms with Gasteiger partial charge in [0.1, 0.15) is 0 Å². The van der Waals surface area contributed by atoms with E-state index in [0.717, 1.165) is 11.8 Å². The minimum Gasteiger partial charge on any atom is -0.396 e. The average Bonchev–Trinajstić information content (AvgIpc) is 2.05. The molecule has 2 saturated carbocycles. The van der Waals surface area contributed by atoms with E-state index in [1.807, 2.05) is 0 Å². The number of hydrogen-bond acceptors (Lipinski definition) is 2. The van der Waals surface area contributed by atoms with E-state index in [2.05, 4.69) is 0 Å². The molecule has 2 nitrogen and oxygen atoms in total. The fourth-order valence-electron chi connectivity index (χ4n) is 2.91. The van der Waals surface area contributed by atoms with Crippen LogP contribution in [0.5, 0.6) is 0 Å². The SMILES string of the molecule is NC1C(CO)C2CCCCC12.